The Balaban J connectivity index is 1.68. The number of aryl methyl sites for hydroxylation is 1. The number of fused-ring (bicyclic) bond motifs is 3. The number of nitrogens with zero attached hydrogens (tertiary/aromatic N) is 3. The minimum atomic E-state index is -4.23. The Morgan fingerprint density at radius 1 is 1.03 bits per heavy atom. The highest BCUT2D eigenvalue weighted by Crippen LogP contribution is 2.27. The second-order valence-corrected chi connectivity index (χ2v) is 10.7. The summed E-state index contributed by atoms with van der Waals surface area (Å²) in [7, 11) is -2.47. The maximum absolute atomic E-state index is 13.7. The topological polar surface area (TPSA) is 103 Å². The van der Waals surface area contributed by atoms with Crippen molar-refractivity contribution in [2.24, 2.45) is 7.05 Å². The van der Waals surface area contributed by atoms with Gasteiger partial charge in [-0.1, -0.05) is 55.7 Å². The van der Waals surface area contributed by atoms with Gasteiger partial charge in [0, 0.05) is 18.5 Å². The highest BCUT2D eigenvalue weighted by Gasteiger charge is 2.30. The van der Waals surface area contributed by atoms with Gasteiger partial charge >= 0.3 is 0 Å². The minimum absolute atomic E-state index is 0.0127. The van der Waals surface area contributed by atoms with Gasteiger partial charge in [-0.25, -0.2) is 18.0 Å². The number of carbonyl (C=O) groups is 1. The summed E-state index contributed by atoms with van der Waals surface area (Å²) < 4.78 is 29.9. The number of benzene rings is 2. The van der Waals surface area contributed by atoms with Crippen LogP contribution >= 0.6 is 0 Å². The number of sulfone groups is 1. The van der Waals surface area contributed by atoms with E-state index in [1.807, 2.05) is 24.3 Å². The average Bonchev–Trinajstić information content (AvgIpc) is 3.12. The van der Waals surface area contributed by atoms with E-state index in [4.69, 9.17) is 0 Å². The van der Waals surface area contributed by atoms with Crippen LogP contribution in [0.1, 0.15) is 32.1 Å². The van der Waals surface area contributed by atoms with Gasteiger partial charge in [0.15, 0.2) is 0 Å². The second-order valence-electron chi connectivity index (χ2n) is 8.81. The second kappa shape index (κ2) is 8.72. The van der Waals surface area contributed by atoms with Crippen molar-refractivity contribution in [1.29, 1.82) is 0 Å². The molecule has 0 aliphatic heterocycles. The van der Waals surface area contributed by atoms with Gasteiger partial charge in [-0.2, -0.15) is 0 Å². The van der Waals surface area contributed by atoms with Gasteiger partial charge in [-0.05, 0) is 31.0 Å². The molecule has 0 bridgehead atoms. The predicted molar refractivity (Wildman–Crippen MR) is 131 cm³/mol. The van der Waals surface area contributed by atoms with Crippen LogP contribution in [-0.2, 0) is 21.7 Å². The molecule has 0 radical (unpaired) electrons. The van der Waals surface area contributed by atoms with Gasteiger partial charge in [-0.3, -0.25) is 9.59 Å². The molecule has 0 atom stereocenters. The number of nitrogens with one attached hydrogen (secondary N) is 1. The maximum Gasteiger partial charge on any atom is 0.283 e. The Labute approximate surface area is 197 Å². The number of hydrogen-bond donors (Lipinski definition) is 1. The normalized spacial score (nSPS) is 15.1. The van der Waals surface area contributed by atoms with Gasteiger partial charge in [0.05, 0.1) is 11.2 Å². The van der Waals surface area contributed by atoms with Crippen molar-refractivity contribution < 1.29 is 13.2 Å². The molecule has 2 heterocycles. The Hall–Kier alpha value is -3.46. The van der Waals surface area contributed by atoms with Crippen LogP contribution in [0.25, 0.3) is 27.6 Å². The molecule has 0 spiro atoms. The van der Waals surface area contributed by atoms with Crippen LogP contribution in [0.2, 0.25) is 0 Å². The van der Waals surface area contributed by atoms with E-state index in [1.165, 1.54) is 0 Å². The molecule has 1 aliphatic carbocycles. The van der Waals surface area contributed by atoms with Gasteiger partial charge < -0.3 is 9.88 Å². The number of aromatic nitrogens is 3. The van der Waals surface area contributed by atoms with Crippen LogP contribution in [0.3, 0.4) is 0 Å². The molecule has 1 fully saturated rings. The Morgan fingerprint density at radius 2 is 1.71 bits per heavy atom. The van der Waals surface area contributed by atoms with E-state index >= 15 is 0 Å². The van der Waals surface area contributed by atoms with E-state index in [-0.39, 0.29) is 6.04 Å². The zero-order valence-corrected chi connectivity index (χ0v) is 19.7. The Kier molecular flexibility index (Phi) is 5.73. The maximum atomic E-state index is 13.7. The molecule has 4 aromatic rings. The summed E-state index contributed by atoms with van der Waals surface area (Å²) in [6.07, 6.45) is 4.86. The molecule has 0 saturated heterocycles. The first-order chi connectivity index (χ1) is 16.4. The van der Waals surface area contributed by atoms with Gasteiger partial charge in [-0.15, -0.1) is 0 Å². The van der Waals surface area contributed by atoms with Crippen molar-refractivity contribution in [2.75, 3.05) is 5.75 Å². The van der Waals surface area contributed by atoms with Crippen molar-refractivity contribution in [1.82, 2.24) is 19.4 Å². The molecule has 9 heteroatoms. The van der Waals surface area contributed by atoms with Crippen LogP contribution < -0.4 is 10.9 Å². The summed E-state index contributed by atoms with van der Waals surface area (Å²) in [5.41, 5.74) is 1.25. The predicted octanol–water partition coefficient (Wildman–Crippen LogP) is 3.10. The Bertz CT molecular complexity index is 1550. The first kappa shape index (κ1) is 22.3. The van der Waals surface area contributed by atoms with Crippen molar-refractivity contribution in [3.63, 3.8) is 0 Å². The van der Waals surface area contributed by atoms with Crippen LogP contribution in [0.5, 0.6) is 0 Å². The van der Waals surface area contributed by atoms with Crippen LogP contribution in [0, 0.1) is 0 Å². The van der Waals surface area contributed by atoms with Crippen molar-refractivity contribution in [3.8, 4) is 5.69 Å². The number of para-hydroxylation sites is 2. The van der Waals surface area contributed by atoms with Gasteiger partial charge in [0.2, 0.25) is 20.9 Å². The highest BCUT2D eigenvalue weighted by molar-refractivity contribution is 7.92. The van der Waals surface area contributed by atoms with Gasteiger partial charge in [0.25, 0.3) is 5.56 Å². The molecule has 1 N–H and O–H groups in total. The first-order valence-corrected chi connectivity index (χ1v) is 13.1. The van der Waals surface area contributed by atoms with E-state index in [1.54, 1.807) is 41.9 Å². The molecular weight excluding hydrogens is 452 g/mol. The van der Waals surface area contributed by atoms with Crippen LogP contribution in [0.15, 0.2) is 64.5 Å². The van der Waals surface area contributed by atoms with Crippen molar-refractivity contribution in [2.45, 2.75) is 43.3 Å². The largest absolute Gasteiger partial charge is 0.352 e. The fourth-order valence-electron chi connectivity index (χ4n) is 4.84. The lowest BCUT2D eigenvalue weighted by Gasteiger charge is -2.22. The number of amides is 1. The molecule has 2 aromatic carbocycles. The highest BCUT2D eigenvalue weighted by atomic mass is 32.2. The van der Waals surface area contributed by atoms with Crippen LogP contribution in [-0.4, -0.2) is 40.2 Å². The molecule has 1 aliphatic rings. The molecular formula is C25H26N4O4S. The summed E-state index contributed by atoms with van der Waals surface area (Å²) in [5, 5.41) is 3.11. The molecule has 0 unspecified atom stereocenters. The lowest BCUT2D eigenvalue weighted by molar-refractivity contribution is -0.119. The monoisotopic (exact) mass is 478 g/mol. The summed E-state index contributed by atoms with van der Waals surface area (Å²) in [6.45, 7) is 0. The zero-order chi connectivity index (χ0) is 23.9. The summed E-state index contributed by atoms with van der Waals surface area (Å²) in [5.74, 6) is -1.34. The standard InChI is InChI=1S/C25H26N4O4S/c1-28-20-15-9-8-14-19(20)22-23(28)24(31)29(18-12-6-3-7-13-18)25(27-22)34(32,33)16-21(30)26-17-10-4-2-5-11-17/h3,6-9,12-15,17H,2,4-5,10-11,16H2,1H3,(H,26,30). The minimum Gasteiger partial charge on any atom is -0.352 e. The van der Waals surface area contributed by atoms with E-state index in [2.05, 4.69) is 10.3 Å². The SMILES string of the molecule is Cn1c2ccccc2c2nc(S(=O)(=O)CC(=O)NC3CCCCC3)n(-c3ccccc3)c(=O)c21. The summed E-state index contributed by atoms with van der Waals surface area (Å²) in [6, 6.07) is 15.8. The Morgan fingerprint density at radius 3 is 2.44 bits per heavy atom. The van der Waals surface area contributed by atoms with E-state index in [9.17, 15) is 18.0 Å². The quantitative estimate of drug-likeness (QED) is 0.444. The number of rotatable bonds is 5. The molecule has 176 valence electrons. The zero-order valence-electron chi connectivity index (χ0n) is 18.9. The van der Waals surface area contributed by atoms with Crippen LogP contribution in [0.4, 0.5) is 0 Å². The number of hydrogen-bond acceptors (Lipinski definition) is 5. The molecule has 1 amide bonds. The third kappa shape index (κ3) is 3.90. The van der Waals surface area contributed by atoms with Crippen molar-refractivity contribution >= 4 is 37.7 Å². The third-order valence-electron chi connectivity index (χ3n) is 6.47. The fraction of sp³-hybridized carbons (Fsp3) is 0.320. The molecule has 8 nitrogen and oxygen atoms in total. The first-order valence-electron chi connectivity index (χ1n) is 11.4. The molecule has 5 rings (SSSR count). The number of carbonyl (C=O) groups excluding carboxylic acids is 1. The van der Waals surface area contributed by atoms with Crippen molar-refractivity contribution in [3.05, 3.63) is 65.0 Å². The smallest absolute Gasteiger partial charge is 0.283 e. The summed E-state index contributed by atoms with van der Waals surface area (Å²) >= 11 is 0. The summed E-state index contributed by atoms with van der Waals surface area (Å²) in [4.78, 5) is 30.9. The lowest BCUT2D eigenvalue weighted by atomic mass is 9.95. The molecule has 34 heavy (non-hydrogen) atoms. The van der Waals surface area contributed by atoms with E-state index in [0.29, 0.717) is 22.1 Å². The van der Waals surface area contributed by atoms with E-state index < -0.39 is 32.2 Å². The average molecular weight is 479 g/mol. The third-order valence-corrected chi connectivity index (χ3v) is 7.94. The lowest BCUT2D eigenvalue weighted by Crippen LogP contribution is -2.40. The van der Waals surface area contributed by atoms with Gasteiger partial charge in [0.1, 0.15) is 16.8 Å². The molecule has 1 saturated carbocycles. The fourth-order valence-corrected chi connectivity index (χ4v) is 6.09. The van der Waals surface area contributed by atoms with E-state index in [0.717, 1.165) is 42.2 Å². The molecule has 2 aromatic heterocycles.